The molecule has 0 radical (unpaired) electrons. The van der Waals surface area contributed by atoms with Gasteiger partial charge in [0.2, 0.25) is 10.0 Å². The van der Waals surface area contributed by atoms with E-state index in [9.17, 15) is 8.42 Å². The Labute approximate surface area is 134 Å². The van der Waals surface area contributed by atoms with E-state index in [4.69, 9.17) is 16.9 Å². The number of rotatable bonds is 5. The van der Waals surface area contributed by atoms with Crippen molar-refractivity contribution in [3.8, 4) is 6.07 Å². The smallest absolute Gasteiger partial charge is 0.208 e. The molecule has 2 rings (SSSR count). The van der Waals surface area contributed by atoms with Crippen LogP contribution in [0.5, 0.6) is 0 Å². The summed E-state index contributed by atoms with van der Waals surface area (Å²) in [5.41, 5.74) is 0.274. The lowest BCUT2D eigenvalue weighted by Crippen LogP contribution is -2.33. The minimum Gasteiger partial charge on any atom is -0.208 e. The van der Waals surface area contributed by atoms with Crippen LogP contribution >= 0.6 is 23.4 Å². The van der Waals surface area contributed by atoms with Gasteiger partial charge in [-0.1, -0.05) is 18.5 Å². The van der Waals surface area contributed by atoms with Crippen LogP contribution in [0.25, 0.3) is 0 Å². The summed E-state index contributed by atoms with van der Waals surface area (Å²) in [5.74, 6) is 1.05. The first kappa shape index (κ1) is 16.6. The van der Waals surface area contributed by atoms with E-state index in [0.29, 0.717) is 5.25 Å². The van der Waals surface area contributed by atoms with Gasteiger partial charge in [0.25, 0.3) is 0 Å². The normalized spacial score (nSPS) is 22.1. The predicted octanol–water partition coefficient (Wildman–Crippen LogP) is 3.16. The molecule has 2 unspecified atom stereocenters. The maximum absolute atomic E-state index is 12.3. The summed E-state index contributed by atoms with van der Waals surface area (Å²) in [6, 6.07) is 6.07. The van der Waals surface area contributed by atoms with Gasteiger partial charge in [0, 0.05) is 11.3 Å². The highest BCUT2D eigenvalue weighted by Gasteiger charge is 2.28. The summed E-state index contributed by atoms with van der Waals surface area (Å²) < 4.78 is 27.4. The number of halogens is 1. The number of hydrogen-bond acceptors (Lipinski definition) is 4. The number of hydrogen-bond donors (Lipinski definition) is 1. The van der Waals surface area contributed by atoms with Crippen LogP contribution in [0.4, 0.5) is 0 Å². The van der Waals surface area contributed by atoms with Crippen molar-refractivity contribution in [2.75, 3.05) is 5.75 Å². The van der Waals surface area contributed by atoms with E-state index in [1.807, 2.05) is 17.8 Å². The van der Waals surface area contributed by atoms with E-state index in [2.05, 4.69) is 11.6 Å². The van der Waals surface area contributed by atoms with E-state index in [1.54, 1.807) is 0 Å². The van der Waals surface area contributed by atoms with Crippen LogP contribution in [0.2, 0.25) is 5.02 Å². The molecule has 114 valence electrons. The second-order valence-corrected chi connectivity index (χ2v) is 8.66. The van der Waals surface area contributed by atoms with Crippen molar-refractivity contribution in [3.05, 3.63) is 28.8 Å². The molecule has 1 aliphatic rings. The van der Waals surface area contributed by atoms with Gasteiger partial charge < -0.3 is 0 Å². The van der Waals surface area contributed by atoms with Gasteiger partial charge in [-0.15, -0.1) is 0 Å². The summed E-state index contributed by atoms with van der Waals surface area (Å²) in [7, 11) is -3.58. The maximum Gasteiger partial charge on any atom is 0.240 e. The third-order valence-corrected chi connectivity index (χ3v) is 6.54. The molecule has 1 aromatic carbocycles. The highest BCUT2D eigenvalue weighted by molar-refractivity contribution is 7.99. The van der Waals surface area contributed by atoms with Crippen molar-refractivity contribution in [2.24, 2.45) is 0 Å². The van der Waals surface area contributed by atoms with Crippen molar-refractivity contribution in [1.82, 2.24) is 4.72 Å². The van der Waals surface area contributed by atoms with Crippen LogP contribution in [0.15, 0.2) is 23.1 Å². The summed E-state index contributed by atoms with van der Waals surface area (Å²) in [5, 5.41) is 9.51. The fourth-order valence-corrected chi connectivity index (χ4v) is 5.21. The number of nitrogens with zero attached hydrogens (tertiary/aromatic N) is 1. The Morgan fingerprint density at radius 2 is 2.24 bits per heavy atom. The highest BCUT2D eigenvalue weighted by atomic mass is 35.5. The number of thioether (sulfide) groups is 1. The van der Waals surface area contributed by atoms with E-state index >= 15 is 0 Å². The predicted molar refractivity (Wildman–Crippen MR) is 86.0 cm³/mol. The quantitative estimate of drug-likeness (QED) is 0.890. The standard InChI is InChI=1S/C14H17ClN2O2S2/c1-2-20-12-5-4-11(7-12)17-21(18,19)13-6-3-10(9-16)14(15)8-13/h3,6,8,11-12,17H,2,4-5,7H2,1H3. The Morgan fingerprint density at radius 1 is 1.48 bits per heavy atom. The molecule has 0 aromatic heterocycles. The molecule has 0 heterocycles. The van der Waals surface area contributed by atoms with Gasteiger partial charge in [-0.05, 0) is 43.2 Å². The largest absolute Gasteiger partial charge is 0.240 e. The lowest BCUT2D eigenvalue weighted by Gasteiger charge is -2.14. The Morgan fingerprint density at radius 3 is 2.86 bits per heavy atom. The van der Waals surface area contributed by atoms with E-state index in [0.717, 1.165) is 25.0 Å². The lowest BCUT2D eigenvalue weighted by molar-refractivity contribution is 0.552. The maximum atomic E-state index is 12.3. The van der Waals surface area contributed by atoms with E-state index in [1.165, 1.54) is 18.2 Å². The summed E-state index contributed by atoms with van der Waals surface area (Å²) in [6.07, 6.45) is 2.77. The number of nitrogens with one attached hydrogen (secondary N) is 1. The molecule has 21 heavy (non-hydrogen) atoms. The molecule has 1 aliphatic carbocycles. The summed E-state index contributed by atoms with van der Waals surface area (Å²) >= 11 is 7.78. The van der Waals surface area contributed by atoms with Crippen LogP contribution in [0, 0.1) is 11.3 Å². The summed E-state index contributed by atoms with van der Waals surface area (Å²) in [6.45, 7) is 2.11. The zero-order chi connectivity index (χ0) is 15.5. The number of benzene rings is 1. The van der Waals surface area contributed by atoms with Gasteiger partial charge in [-0.25, -0.2) is 13.1 Å². The zero-order valence-electron chi connectivity index (χ0n) is 11.7. The Balaban J connectivity index is 2.09. The summed E-state index contributed by atoms with van der Waals surface area (Å²) in [4.78, 5) is 0.109. The van der Waals surface area contributed by atoms with Gasteiger partial charge in [-0.2, -0.15) is 17.0 Å². The third-order valence-electron chi connectivity index (χ3n) is 3.48. The van der Waals surface area contributed by atoms with Crippen molar-refractivity contribution in [3.63, 3.8) is 0 Å². The van der Waals surface area contributed by atoms with Crippen molar-refractivity contribution in [1.29, 1.82) is 5.26 Å². The Kier molecular flexibility index (Phi) is 5.55. The monoisotopic (exact) mass is 344 g/mol. The van der Waals surface area contributed by atoms with Gasteiger partial charge in [0.15, 0.2) is 0 Å². The van der Waals surface area contributed by atoms with Crippen molar-refractivity contribution in [2.45, 2.75) is 42.4 Å². The second kappa shape index (κ2) is 7.01. The molecule has 1 aromatic rings. The molecular formula is C14H17ClN2O2S2. The molecule has 0 saturated heterocycles. The van der Waals surface area contributed by atoms with Crippen LogP contribution in [0.3, 0.4) is 0 Å². The first-order valence-corrected chi connectivity index (χ1v) is 9.71. The fraction of sp³-hybridized carbons (Fsp3) is 0.500. The Bertz CT molecular complexity index is 655. The van der Waals surface area contributed by atoms with Crippen LogP contribution < -0.4 is 4.72 Å². The molecule has 1 saturated carbocycles. The molecule has 0 amide bonds. The zero-order valence-corrected chi connectivity index (χ0v) is 14.1. The molecule has 1 fully saturated rings. The van der Waals surface area contributed by atoms with E-state index in [-0.39, 0.29) is 21.5 Å². The fourth-order valence-electron chi connectivity index (χ4n) is 2.48. The number of nitriles is 1. The minimum atomic E-state index is -3.58. The van der Waals surface area contributed by atoms with Crippen molar-refractivity contribution < 1.29 is 8.42 Å². The minimum absolute atomic E-state index is 0.0199. The van der Waals surface area contributed by atoms with Gasteiger partial charge in [-0.3, -0.25) is 0 Å². The molecule has 0 aliphatic heterocycles. The average molecular weight is 345 g/mol. The first-order valence-electron chi connectivity index (χ1n) is 6.80. The number of sulfonamides is 1. The topological polar surface area (TPSA) is 70.0 Å². The molecular weight excluding hydrogens is 328 g/mol. The average Bonchev–Trinajstić information content (AvgIpc) is 2.85. The molecule has 2 atom stereocenters. The van der Waals surface area contributed by atoms with Crippen LogP contribution in [0.1, 0.15) is 31.7 Å². The Hall–Kier alpha value is -0.740. The highest BCUT2D eigenvalue weighted by Crippen LogP contribution is 2.30. The molecule has 0 bridgehead atoms. The van der Waals surface area contributed by atoms with Gasteiger partial charge in [0.1, 0.15) is 6.07 Å². The molecule has 4 nitrogen and oxygen atoms in total. The van der Waals surface area contributed by atoms with Crippen LogP contribution in [-0.2, 0) is 10.0 Å². The SMILES string of the molecule is CCSC1CCC(NS(=O)(=O)c2ccc(C#N)c(Cl)c2)C1. The first-order chi connectivity index (χ1) is 9.96. The van der Waals surface area contributed by atoms with Crippen LogP contribution in [-0.4, -0.2) is 25.5 Å². The molecule has 0 spiro atoms. The van der Waals surface area contributed by atoms with E-state index < -0.39 is 10.0 Å². The second-order valence-electron chi connectivity index (χ2n) is 4.96. The molecule has 7 heteroatoms. The van der Waals surface area contributed by atoms with Gasteiger partial charge in [0.05, 0.1) is 15.5 Å². The lowest BCUT2D eigenvalue weighted by atomic mass is 10.2. The molecule has 1 N–H and O–H groups in total. The van der Waals surface area contributed by atoms with Gasteiger partial charge >= 0.3 is 0 Å². The third kappa shape index (κ3) is 4.13. The van der Waals surface area contributed by atoms with Crippen molar-refractivity contribution >= 4 is 33.4 Å².